The molecule has 1 saturated heterocycles. The summed E-state index contributed by atoms with van der Waals surface area (Å²) in [7, 11) is 0. The fourth-order valence-electron chi connectivity index (χ4n) is 2.94. The molecule has 2 aromatic heterocycles. The molecule has 4 atom stereocenters. The summed E-state index contributed by atoms with van der Waals surface area (Å²) >= 11 is 0. The van der Waals surface area contributed by atoms with Crippen molar-refractivity contribution < 1.29 is 19.7 Å². The van der Waals surface area contributed by atoms with Gasteiger partial charge in [-0.25, -0.2) is 4.68 Å². The first-order valence-corrected chi connectivity index (χ1v) is 8.21. The molecule has 5 N–H and O–H groups in total. The van der Waals surface area contributed by atoms with E-state index in [1.807, 2.05) is 0 Å². The average molecular weight is 351 g/mol. The SMILES string of the molecule is C[C@H]1O[C@@H](n2[nH]c(=O)c3c(N)nc(OCC4(C)CC4)nc32)[C@H](O)[C@@H]1O. The van der Waals surface area contributed by atoms with Crippen LogP contribution in [0.15, 0.2) is 4.79 Å². The van der Waals surface area contributed by atoms with Crippen molar-refractivity contribution >= 4 is 16.9 Å². The minimum Gasteiger partial charge on any atom is -0.463 e. The number of aliphatic hydroxyl groups excluding tert-OH is 2. The summed E-state index contributed by atoms with van der Waals surface area (Å²) in [5.74, 6) is -0.0120. The predicted molar refractivity (Wildman–Crippen MR) is 87.0 cm³/mol. The Kier molecular flexibility index (Phi) is 3.53. The number of nitrogens with one attached hydrogen (secondary N) is 1. The highest BCUT2D eigenvalue weighted by atomic mass is 16.6. The zero-order valence-corrected chi connectivity index (χ0v) is 14.0. The number of nitrogens with two attached hydrogens (primary N) is 1. The number of rotatable bonds is 4. The van der Waals surface area contributed by atoms with Crippen LogP contribution < -0.4 is 16.0 Å². The summed E-state index contributed by atoms with van der Waals surface area (Å²) in [4.78, 5) is 20.5. The highest BCUT2D eigenvalue weighted by Gasteiger charge is 2.43. The summed E-state index contributed by atoms with van der Waals surface area (Å²) < 4.78 is 12.4. The van der Waals surface area contributed by atoms with Crippen molar-refractivity contribution in [3.63, 3.8) is 0 Å². The Morgan fingerprint density at radius 2 is 2.12 bits per heavy atom. The fraction of sp³-hybridized carbons (Fsp3) is 0.667. The van der Waals surface area contributed by atoms with Crippen molar-refractivity contribution in [1.29, 1.82) is 0 Å². The van der Waals surface area contributed by atoms with E-state index in [0.29, 0.717) is 6.61 Å². The van der Waals surface area contributed by atoms with Gasteiger partial charge in [0.05, 0.1) is 12.7 Å². The maximum Gasteiger partial charge on any atom is 0.320 e. The lowest BCUT2D eigenvalue weighted by Crippen LogP contribution is -2.31. The summed E-state index contributed by atoms with van der Waals surface area (Å²) in [5.41, 5.74) is 5.69. The smallest absolute Gasteiger partial charge is 0.320 e. The minimum absolute atomic E-state index is 0.0120. The second-order valence-corrected chi connectivity index (χ2v) is 7.21. The first-order chi connectivity index (χ1) is 11.8. The van der Waals surface area contributed by atoms with Crippen LogP contribution in [0.25, 0.3) is 11.0 Å². The van der Waals surface area contributed by atoms with E-state index in [1.165, 1.54) is 4.68 Å². The molecular formula is C15H21N5O5. The Morgan fingerprint density at radius 1 is 1.40 bits per heavy atom. The molecule has 1 aliphatic carbocycles. The van der Waals surface area contributed by atoms with Crippen molar-refractivity contribution in [2.45, 2.75) is 51.2 Å². The number of ether oxygens (including phenoxy) is 2. The number of hydrogen-bond acceptors (Lipinski definition) is 8. The molecule has 1 saturated carbocycles. The number of nitrogen functional groups attached to an aromatic ring is 1. The quantitative estimate of drug-likeness (QED) is 0.577. The second-order valence-electron chi connectivity index (χ2n) is 7.21. The van der Waals surface area contributed by atoms with Crippen molar-refractivity contribution in [2.24, 2.45) is 5.41 Å². The van der Waals surface area contributed by atoms with Crippen LogP contribution in [0.5, 0.6) is 6.01 Å². The number of hydrogen-bond donors (Lipinski definition) is 4. The van der Waals surface area contributed by atoms with Gasteiger partial charge in [-0.15, -0.1) is 0 Å². The molecule has 1 aliphatic heterocycles. The molecule has 0 unspecified atom stereocenters. The van der Waals surface area contributed by atoms with Gasteiger partial charge in [0, 0.05) is 5.41 Å². The van der Waals surface area contributed by atoms with E-state index >= 15 is 0 Å². The van der Waals surface area contributed by atoms with Gasteiger partial charge in [-0.2, -0.15) is 9.97 Å². The van der Waals surface area contributed by atoms with Crippen LogP contribution in [-0.2, 0) is 4.74 Å². The number of aliphatic hydroxyl groups is 2. The Hall–Kier alpha value is -2.17. The highest BCUT2D eigenvalue weighted by molar-refractivity contribution is 5.85. The number of fused-ring (bicyclic) bond motifs is 1. The van der Waals surface area contributed by atoms with Gasteiger partial charge in [0.2, 0.25) is 0 Å². The molecule has 0 spiro atoms. The normalized spacial score (nSPS) is 30.7. The zero-order valence-electron chi connectivity index (χ0n) is 14.0. The lowest BCUT2D eigenvalue weighted by Gasteiger charge is -2.16. The third kappa shape index (κ3) is 2.66. The second kappa shape index (κ2) is 5.41. The molecule has 2 fully saturated rings. The van der Waals surface area contributed by atoms with Crippen molar-refractivity contribution in [2.75, 3.05) is 12.3 Å². The van der Waals surface area contributed by atoms with E-state index in [-0.39, 0.29) is 28.3 Å². The lowest BCUT2D eigenvalue weighted by molar-refractivity contribution is -0.0375. The Balaban J connectivity index is 1.74. The maximum absolute atomic E-state index is 12.2. The third-order valence-electron chi connectivity index (χ3n) is 4.96. The number of aromatic nitrogens is 4. The zero-order chi connectivity index (χ0) is 17.9. The molecule has 136 valence electrons. The number of aromatic amines is 1. The van der Waals surface area contributed by atoms with Crippen LogP contribution in [0, 0.1) is 5.41 Å². The Morgan fingerprint density at radius 3 is 2.72 bits per heavy atom. The first-order valence-electron chi connectivity index (χ1n) is 8.21. The standard InChI is InChI=1S/C15H21N5O5/c1-6-8(21)9(22)13(25-6)20-11-7(12(23)19-20)10(16)17-14(18-11)24-5-15(2)3-4-15/h6,8-9,13,21-22H,3-5H2,1-2H3,(H,19,23)(H2,16,17,18)/t6-,8-,9-,13-/m1/s1. The van der Waals surface area contributed by atoms with Gasteiger partial charge in [-0.3, -0.25) is 9.89 Å². The Labute approximate surface area is 142 Å². The fourth-order valence-corrected chi connectivity index (χ4v) is 2.94. The molecule has 4 rings (SSSR count). The molecule has 25 heavy (non-hydrogen) atoms. The summed E-state index contributed by atoms with van der Waals surface area (Å²) in [6.07, 6.45) is -1.71. The molecule has 10 nitrogen and oxygen atoms in total. The molecule has 0 amide bonds. The maximum atomic E-state index is 12.2. The molecule has 10 heteroatoms. The van der Waals surface area contributed by atoms with Gasteiger partial charge in [-0.1, -0.05) is 6.92 Å². The highest BCUT2D eigenvalue weighted by Crippen LogP contribution is 2.45. The van der Waals surface area contributed by atoms with Gasteiger partial charge >= 0.3 is 6.01 Å². The van der Waals surface area contributed by atoms with Gasteiger partial charge < -0.3 is 25.4 Å². The van der Waals surface area contributed by atoms with Crippen molar-refractivity contribution in [3.8, 4) is 6.01 Å². The van der Waals surface area contributed by atoms with Crippen LogP contribution in [0.2, 0.25) is 0 Å². The van der Waals surface area contributed by atoms with Crippen LogP contribution in [0.3, 0.4) is 0 Å². The van der Waals surface area contributed by atoms with E-state index < -0.39 is 30.1 Å². The number of nitrogens with zero attached hydrogens (tertiary/aromatic N) is 3. The molecule has 2 aromatic rings. The first kappa shape index (κ1) is 16.3. The van der Waals surface area contributed by atoms with E-state index in [0.717, 1.165) is 12.8 Å². The van der Waals surface area contributed by atoms with Crippen LogP contribution in [0.4, 0.5) is 5.82 Å². The molecule has 3 heterocycles. The summed E-state index contributed by atoms with van der Waals surface area (Å²) in [6.45, 7) is 4.20. The van der Waals surface area contributed by atoms with Crippen molar-refractivity contribution in [3.05, 3.63) is 10.4 Å². The number of H-pyrrole nitrogens is 1. The molecule has 0 aromatic carbocycles. The lowest BCUT2D eigenvalue weighted by atomic mass is 10.1. The van der Waals surface area contributed by atoms with E-state index in [4.69, 9.17) is 15.2 Å². The van der Waals surface area contributed by atoms with Crippen LogP contribution in [0.1, 0.15) is 32.9 Å². The third-order valence-corrected chi connectivity index (χ3v) is 4.96. The molecule has 2 aliphatic rings. The molecule has 0 bridgehead atoms. The summed E-state index contributed by atoms with van der Waals surface area (Å²) in [6, 6.07) is 0.0620. The van der Waals surface area contributed by atoms with Crippen LogP contribution in [-0.4, -0.2) is 54.9 Å². The largest absolute Gasteiger partial charge is 0.463 e. The average Bonchev–Trinajstić information content (AvgIpc) is 3.14. The minimum atomic E-state index is -1.22. The van der Waals surface area contributed by atoms with Crippen LogP contribution >= 0.6 is 0 Å². The van der Waals surface area contributed by atoms with E-state index in [9.17, 15) is 15.0 Å². The van der Waals surface area contributed by atoms with Gasteiger partial charge in [0.25, 0.3) is 5.56 Å². The topological polar surface area (TPSA) is 149 Å². The Bertz CT molecular complexity index is 873. The van der Waals surface area contributed by atoms with Gasteiger partial charge in [0.1, 0.15) is 23.4 Å². The van der Waals surface area contributed by atoms with E-state index in [1.54, 1.807) is 6.92 Å². The van der Waals surface area contributed by atoms with Gasteiger partial charge in [0.15, 0.2) is 11.9 Å². The monoisotopic (exact) mass is 351 g/mol. The van der Waals surface area contributed by atoms with E-state index in [2.05, 4.69) is 22.0 Å². The molecule has 0 radical (unpaired) electrons. The molecular weight excluding hydrogens is 330 g/mol. The van der Waals surface area contributed by atoms with Crippen molar-refractivity contribution in [1.82, 2.24) is 19.7 Å². The summed E-state index contributed by atoms with van der Waals surface area (Å²) in [5, 5.41) is 22.7. The predicted octanol–water partition coefficient (Wildman–Crippen LogP) is -0.480. The number of anilines is 1. The van der Waals surface area contributed by atoms with Gasteiger partial charge in [-0.05, 0) is 19.8 Å².